The largest absolute Gasteiger partial charge is 0.481 e. The van der Waals surface area contributed by atoms with Crippen LogP contribution in [0, 0.1) is 5.82 Å². The van der Waals surface area contributed by atoms with Crippen LogP contribution in [0.3, 0.4) is 0 Å². The highest BCUT2D eigenvalue weighted by Crippen LogP contribution is 2.30. The smallest absolute Gasteiger partial charge is 0.305 e. The van der Waals surface area contributed by atoms with Crippen molar-refractivity contribution in [3.05, 3.63) is 89.7 Å². The van der Waals surface area contributed by atoms with Crippen LogP contribution >= 0.6 is 0 Å². The van der Waals surface area contributed by atoms with Gasteiger partial charge in [-0.25, -0.2) is 4.39 Å². The molecule has 1 unspecified atom stereocenters. The SMILES string of the molecule is O=C(O)CC1CCCN1c1ccc(Oc2ccc(Cc3ccccc3F)cc2)cc1. The summed E-state index contributed by atoms with van der Waals surface area (Å²) in [4.78, 5) is 13.2. The van der Waals surface area contributed by atoms with Crippen molar-refractivity contribution in [2.24, 2.45) is 0 Å². The van der Waals surface area contributed by atoms with Gasteiger partial charge in [0.25, 0.3) is 0 Å². The molecule has 30 heavy (non-hydrogen) atoms. The van der Waals surface area contributed by atoms with E-state index in [0.717, 1.165) is 36.4 Å². The fourth-order valence-corrected chi connectivity index (χ4v) is 3.97. The van der Waals surface area contributed by atoms with Gasteiger partial charge < -0.3 is 14.7 Å². The average Bonchev–Trinajstić information content (AvgIpc) is 3.19. The third-order valence-electron chi connectivity index (χ3n) is 5.47. The highest BCUT2D eigenvalue weighted by atomic mass is 19.1. The maximum absolute atomic E-state index is 13.8. The normalized spacial score (nSPS) is 15.9. The topological polar surface area (TPSA) is 49.8 Å². The lowest BCUT2D eigenvalue weighted by Crippen LogP contribution is -2.31. The fourth-order valence-electron chi connectivity index (χ4n) is 3.97. The number of halogens is 1. The van der Waals surface area contributed by atoms with E-state index in [2.05, 4.69) is 4.90 Å². The number of aliphatic carboxylic acids is 1. The van der Waals surface area contributed by atoms with Crippen molar-refractivity contribution in [2.45, 2.75) is 31.7 Å². The lowest BCUT2D eigenvalue weighted by Gasteiger charge is -2.25. The van der Waals surface area contributed by atoms with Crippen LogP contribution in [0.4, 0.5) is 10.1 Å². The van der Waals surface area contributed by atoms with Gasteiger partial charge in [0.05, 0.1) is 6.42 Å². The molecule has 1 atom stereocenters. The third-order valence-corrected chi connectivity index (χ3v) is 5.47. The quantitative estimate of drug-likeness (QED) is 0.552. The summed E-state index contributed by atoms with van der Waals surface area (Å²) in [5.74, 6) is 0.478. The molecule has 0 saturated carbocycles. The van der Waals surface area contributed by atoms with E-state index in [4.69, 9.17) is 9.84 Å². The molecule has 0 amide bonds. The van der Waals surface area contributed by atoms with Crippen molar-refractivity contribution in [3.63, 3.8) is 0 Å². The molecule has 1 aliphatic rings. The minimum absolute atomic E-state index is 0.0521. The Kier molecular flexibility index (Phi) is 5.98. The first-order valence-corrected chi connectivity index (χ1v) is 10.2. The molecule has 0 aliphatic carbocycles. The van der Waals surface area contributed by atoms with Crippen LogP contribution in [0.1, 0.15) is 30.4 Å². The van der Waals surface area contributed by atoms with Gasteiger partial charge >= 0.3 is 5.97 Å². The standard InChI is InChI=1S/C25H24FNO3/c26-24-6-2-1-4-19(24)16-18-7-11-22(12-8-18)30-23-13-9-20(10-14-23)27-15-3-5-21(27)17-25(28)29/h1-2,4,6-14,21H,3,5,15-17H2,(H,28,29). The molecule has 5 heteroatoms. The van der Waals surface area contributed by atoms with Crippen LogP contribution in [0.5, 0.6) is 11.5 Å². The van der Waals surface area contributed by atoms with Crippen LogP contribution < -0.4 is 9.64 Å². The minimum atomic E-state index is -0.759. The summed E-state index contributed by atoms with van der Waals surface area (Å²) in [7, 11) is 0. The number of benzene rings is 3. The molecule has 4 nitrogen and oxygen atoms in total. The Balaban J connectivity index is 1.39. The van der Waals surface area contributed by atoms with Gasteiger partial charge in [0.2, 0.25) is 0 Å². The van der Waals surface area contributed by atoms with Crippen molar-refractivity contribution in [1.82, 2.24) is 0 Å². The predicted octanol–water partition coefficient (Wildman–Crippen LogP) is 5.65. The van der Waals surface area contributed by atoms with E-state index < -0.39 is 5.97 Å². The van der Waals surface area contributed by atoms with E-state index in [1.54, 1.807) is 12.1 Å². The highest BCUT2D eigenvalue weighted by molar-refractivity contribution is 5.69. The molecule has 1 N–H and O–H groups in total. The molecular weight excluding hydrogens is 381 g/mol. The second kappa shape index (κ2) is 8.99. The Labute approximate surface area is 175 Å². The molecule has 4 rings (SSSR count). The second-order valence-electron chi connectivity index (χ2n) is 7.60. The summed E-state index contributed by atoms with van der Waals surface area (Å²) in [6.45, 7) is 0.877. The van der Waals surface area contributed by atoms with Gasteiger partial charge in [-0.2, -0.15) is 0 Å². The first-order chi connectivity index (χ1) is 14.6. The van der Waals surface area contributed by atoms with E-state index in [1.165, 1.54) is 6.07 Å². The van der Waals surface area contributed by atoms with Gasteiger partial charge in [-0.05, 0) is 66.4 Å². The Morgan fingerprint density at radius 2 is 1.67 bits per heavy atom. The molecule has 3 aromatic carbocycles. The van der Waals surface area contributed by atoms with Gasteiger partial charge in [0, 0.05) is 24.7 Å². The molecule has 1 fully saturated rings. The zero-order valence-electron chi connectivity index (χ0n) is 16.6. The van der Waals surface area contributed by atoms with Crippen molar-refractivity contribution in [2.75, 3.05) is 11.4 Å². The van der Waals surface area contributed by atoms with Gasteiger partial charge in [0.1, 0.15) is 17.3 Å². The molecule has 1 heterocycles. The lowest BCUT2D eigenvalue weighted by molar-refractivity contribution is -0.137. The molecule has 0 spiro atoms. The lowest BCUT2D eigenvalue weighted by atomic mass is 10.0. The van der Waals surface area contributed by atoms with Gasteiger partial charge in [-0.15, -0.1) is 0 Å². The van der Waals surface area contributed by atoms with Crippen LogP contribution in [0.25, 0.3) is 0 Å². The Bertz CT molecular complexity index is 1000. The predicted molar refractivity (Wildman–Crippen MR) is 115 cm³/mol. The Hall–Kier alpha value is -3.34. The number of ether oxygens (including phenoxy) is 1. The Morgan fingerprint density at radius 1 is 1.00 bits per heavy atom. The fraction of sp³-hybridized carbons (Fsp3) is 0.240. The van der Waals surface area contributed by atoms with Gasteiger partial charge in [-0.1, -0.05) is 30.3 Å². The number of anilines is 1. The molecular formula is C25H24FNO3. The zero-order valence-corrected chi connectivity index (χ0v) is 16.6. The van der Waals surface area contributed by atoms with E-state index >= 15 is 0 Å². The van der Waals surface area contributed by atoms with Crippen molar-refractivity contribution < 1.29 is 19.0 Å². The molecule has 154 valence electrons. The van der Waals surface area contributed by atoms with Crippen molar-refractivity contribution >= 4 is 11.7 Å². The number of carboxylic acid groups (broad SMARTS) is 1. The van der Waals surface area contributed by atoms with Crippen LogP contribution in [-0.4, -0.2) is 23.7 Å². The van der Waals surface area contributed by atoms with Crippen LogP contribution in [0.15, 0.2) is 72.8 Å². The molecule has 3 aromatic rings. The number of hydrogen-bond donors (Lipinski definition) is 1. The van der Waals surface area contributed by atoms with E-state index in [-0.39, 0.29) is 18.3 Å². The van der Waals surface area contributed by atoms with Crippen LogP contribution in [-0.2, 0) is 11.2 Å². The summed E-state index contributed by atoms with van der Waals surface area (Å²) in [5.41, 5.74) is 2.71. The Morgan fingerprint density at radius 3 is 2.33 bits per heavy atom. The number of rotatable bonds is 7. The van der Waals surface area contributed by atoms with E-state index in [1.807, 2.05) is 54.6 Å². The summed E-state index contributed by atoms with van der Waals surface area (Å²) in [6.07, 6.45) is 2.62. The highest BCUT2D eigenvalue weighted by Gasteiger charge is 2.26. The molecule has 1 aliphatic heterocycles. The molecule has 1 saturated heterocycles. The van der Waals surface area contributed by atoms with Gasteiger partial charge in [-0.3, -0.25) is 4.79 Å². The minimum Gasteiger partial charge on any atom is -0.481 e. The molecule has 0 aromatic heterocycles. The summed E-state index contributed by atoms with van der Waals surface area (Å²) < 4.78 is 19.7. The first kappa shape index (κ1) is 20.0. The summed E-state index contributed by atoms with van der Waals surface area (Å²) >= 11 is 0. The van der Waals surface area contributed by atoms with E-state index in [9.17, 15) is 9.18 Å². The number of hydrogen-bond acceptors (Lipinski definition) is 3. The summed E-state index contributed by atoms with van der Waals surface area (Å²) in [6, 6.07) is 22.3. The molecule has 0 bridgehead atoms. The molecule has 0 radical (unpaired) electrons. The van der Waals surface area contributed by atoms with Crippen LogP contribution in [0.2, 0.25) is 0 Å². The van der Waals surface area contributed by atoms with Crippen molar-refractivity contribution in [1.29, 1.82) is 0 Å². The van der Waals surface area contributed by atoms with E-state index in [0.29, 0.717) is 17.7 Å². The first-order valence-electron chi connectivity index (χ1n) is 10.2. The number of nitrogens with zero attached hydrogens (tertiary/aromatic N) is 1. The zero-order chi connectivity index (χ0) is 20.9. The average molecular weight is 405 g/mol. The maximum atomic E-state index is 13.8. The third kappa shape index (κ3) is 4.79. The number of carbonyl (C=O) groups is 1. The number of carboxylic acids is 1. The summed E-state index contributed by atoms with van der Waals surface area (Å²) in [5, 5.41) is 9.10. The van der Waals surface area contributed by atoms with Crippen molar-refractivity contribution in [3.8, 4) is 11.5 Å². The monoisotopic (exact) mass is 405 g/mol. The van der Waals surface area contributed by atoms with Gasteiger partial charge in [0.15, 0.2) is 0 Å². The maximum Gasteiger partial charge on any atom is 0.305 e. The second-order valence-corrected chi connectivity index (χ2v) is 7.60.